The van der Waals surface area contributed by atoms with E-state index in [9.17, 15) is 18.0 Å². The van der Waals surface area contributed by atoms with Crippen LogP contribution in [-0.2, 0) is 13.0 Å². The van der Waals surface area contributed by atoms with E-state index in [0.29, 0.717) is 27.7 Å². The van der Waals surface area contributed by atoms with Gasteiger partial charge in [-0.1, -0.05) is 16.8 Å². The maximum Gasteiger partial charge on any atom is 0.394 e. The van der Waals surface area contributed by atoms with Crippen LogP contribution in [0.1, 0.15) is 27.4 Å². The molecule has 0 saturated heterocycles. The maximum atomic E-state index is 12.8. The molecule has 0 aromatic carbocycles. The average Bonchev–Trinajstić information content (AvgIpc) is 2.99. The Hall–Kier alpha value is -3.14. The van der Waals surface area contributed by atoms with Gasteiger partial charge in [0, 0.05) is 12.3 Å². The molecule has 0 atom stereocenters. The molecule has 0 unspecified atom stereocenters. The largest absolute Gasteiger partial charge is 0.473 e. The van der Waals surface area contributed by atoms with Crippen molar-refractivity contribution in [2.24, 2.45) is 5.73 Å². The normalized spacial score (nSPS) is 11.5. The first-order chi connectivity index (χ1) is 13.6. The van der Waals surface area contributed by atoms with Crippen molar-refractivity contribution in [2.75, 3.05) is 0 Å². The second-order valence-electron chi connectivity index (χ2n) is 6.02. The monoisotopic (exact) mass is 426 g/mol. The summed E-state index contributed by atoms with van der Waals surface area (Å²) in [7, 11) is 0. The lowest BCUT2D eigenvalue weighted by atomic mass is 10.1. The van der Waals surface area contributed by atoms with Crippen LogP contribution in [0.2, 0.25) is 5.02 Å². The number of hydrogen-bond acceptors (Lipinski definition) is 6. The highest BCUT2D eigenvalue weighted by molar-refractivity contribution is 6.30. The van der Waals surface area contributed by atoms with Gasteiger partial charge in [0.15, 0.2) is 0 Å². The Bertz CT molecular complexity index is 1040. The van der Waals surface area contributed by atoms with E-state index in [0.717, 1.165) is 6.07 Å². The Morgan fingerprint density at radius 1 is 1.28 bits per heavy atom. The van der Waals surface area contributed by atoms with E-state index in [2.05, 4.69) is 15.1 Å². The number of carbonyl (C=O) groups excluding carboxylic acids is 1. The summed E-state index contributed by atoms with van der Waals surface area (Å²) in [6, 6.07) is 5.69. The van der Waals surface area contributed by atoms with Gasteiger partial charge >= 0.3 is 6.18 Å². The first kappa shape index (κ1) is 20.6. The first-order valence-electron chi connectivity index (χ1n) is 8.20. The highest BCUT2D eigenvalue weighted by Gasteiger charge is 2.31. The fraction of sp³-hybridized carbons (Fsp3) is 0.222. The number of nitrogens with zero attached hydrogens (tertiary/aromatic N) is 3. The minimum Gasteiger partial charge on any atom is -0.473 e. The van der Waals surface area contributed by atoms with E-state index in [1.54, 1.807) is 19.1 Å². The molecule has 7 nitrogen and oxygen atoms in total. The number of aromatic nitrogens is 3. The molecule has 0 saturated carbocycles. The van der Waals surface area contributed by atoms with Crippen molar-refractivity contribution in [1.29, 1.82) is 0 Å². The lowest BCUT2D eigenvalue weighted by Gasteiger charge is -2.12. The molecule has 0 aliphatic carbocycles. The number of alkyl halides is 3. The summed E-state index contributed by atoms with van der Waals surface area (Å²) in [4.78, 5) is 19.3. The van der Waals surface area contributed by atoms with Gasteiger partial charge in [-0.2, -0.15) is 13.2 Å². The quantitative estimate of drug-likeness (QED) is 0.641. The van der Waals surface area contributed by atoms with Crippen molar-refractivity contribution in [3.8, 4) is 17.3 Å². The molecular weight excluding hydrogens is 413 g/mol. The van der Waals surface area contributed by atoms with Crippen molar-refractivity contribution >= 4 is 17.5 Å². The van der Waals surface area contributed by atoms with Crippen molar-refractivity contribution in [2.45, 2.75) is 26.1 Å². The van der Waals surface area contributed by atoms with Gasteiger partial charge < -0.3 is 15.0 Å². The number of hydrogen-bond donors (Lipinski definition) is 1. The third-order valence-electron chi connectivity index (χ3n) is 3.90. The molecule has 0 spiro atoms. The summed E-state index contributed by atoms with van der Waals surface area (Å²) < 4.78 is 49.0. The van der Waals surface area contributed by atoms with E-state index >= 15 is 0 Å². The molecule has 3 heterocycles. The molecule has 29 heavy (non-hydrogen) atoms. The third-order valence-corrected chi connectivity index (χ3v) is 4.12. The van der Waals surface area contributed by atoms with E-state index in [4.69, 9.17) is 26.6 Å². The third kappa shape index (κ3) is 5.02. The molecule has 0 fully saturated rings. The SMILES string of the molecule is Cc1onc(-c2ccc(Cl)cn2)c1COc1ccc(C(N)=O)c(CC(F)(F)F)n1. The highest BCUT2D eigenvalue weighted by Crippen LogP contribution is 2.27. The van der Waals surface area contributed by atoms with Crippen molar-refractivity contribution in [1.82, 2.24) is 15.1 Å². The summed E-state index contributed by atoms with van der Waals surface area (Å²) >= 11 is 5.83. The predicted molar refractivity (Wildman–Crippen MR) is 96.3 cm³/mol. The zero-order chi connectivity index (χ0) is 21.2. The molecule has 2 N–H and O–H groups in total. The fourth-order valence-electron chi connectivity index (χ4n) is 2.54. The van der Waals surface area contributed by atoms with Gasteiger partial charge in [0.25, 0.3) is 5.91 Å². The van der Waals surface area contributed by atoms with Crippen molar-refractivity contribution in [3.05, 3.63) is 58.1 Å². The summed E-state index contributed by atoms with van der Waals surface area (Å²) in [6.45, 7) is 1.56. The number of amides is 1. The zero-order valence-electron chi connectivity index (χ0n) is 15.0. The van der Waals surface area contributed by atoms with Gasteiger partial charge in [0.05, 0.1) is 34.0 Å². The van der Waals surface area contributed by atoms with Crippen LogP contribution in [0.15, 0.2) is 35.0 Å². The Balaban J connectivity index is 1.85. The first-order valence-corrected chi connectivity index (χ1v) is 8.58. The molecule has 1 amide bonds. The lowest BCUT2D eigenvalue weighted by molar-refractivity contribution is -0.127. The summed E-state index contributed by atoms with van der Waals surface area (Å²) in [6.07, 6.45) is -4.53. The number of carbonyl (C=O) groups is 1. The van der Waals surface area contributed by atoms with Crippen LogP contribution in [0.25, 0.3) is 11.4 Å². The number of primary amides is 1. The Morgan fingerprint density at radius 2 is 2.03 bits per heavy atom. The molecule has 3 rings (SSSR count). The average molecular weight is 427 g/mol. The van der Waals surface area contributed by atoms with E-state index in [-0.39, 0.29) is 18.1 Å². The maximum absolute atomic E-state index is 12.8. The van der Waals surface area contributed by atoms with Crippen molar-refractivity contribution in [3.63, 3.8) is 0 Å². The minimum atomic E-state index is -4.56. The fourth-order valence-corrected chi connectivity index (χ4v) is 2.65. The Kier molecular flexibility index (Phi) is 5.73. The molecule has 3 aromatic rings. The zero-order valence-corrected chi connectivity index (χ0v) is 15.7. The van der Waals surface area contributed by atoms with Crippen LogP contribution in [0.4, 0.5) is 13.2 Å². The second-order valence-corrected chi connectivity index (χ2v) is 6.45. The van der Waals surface area contributed by atoms with Gasteiger partial charge in [-0.05, 0) is 25.1 Å². The molecule has 0 bridgehead atoms. The predicted octanol–water partition coefficient (Wildman–Crippen LogP) is 3.88. The van der Waals surface area contributed by atoms with Gasteiger partial charge in [-0.15, -0.1) is 0 Å². The molecule has 0 aliphatic heterocycles. The standard InChI is InChI=1S/C18H14ClF3N4O3/c1-9-12(16(26-29-9)13-4-2-10(19)7-24-13)8-28-15-5-3-11(17(23)27)14(25-15)6-18(20,21)22/h2-5,7H,6,8H2,1H3,(H2,23,27). The topological polar surface area (TPSA) is 104 Å². The van der Waals surface area contributed by atoms with Crippen LogP contribution in [0.5, 0.6) is 5.88 Å². The van der Waals surface area contributed by atoms with E-state index in [1.165, 1.54) is 12.3 Å². The smallest absolute Gasteiger partial charge is 0.394 e. The van der Waals surface area contributed by atoms with Gasteiger partial charge in [-0.25, -0.2) is 4.98 Å². The summed E-state index contributed by atoms with van der Waals surface area (Å²) in [5.41, 5.74) is 5.73. The van der Waals surface area contributed by atoms with E-state index in [1.807, 2.05) is 0 Å². The molecule has 3 aromatic heterocycles. The molecular formula is C18H14ClF3N4O3. The minimum absolute atomic E-state index is 0.0939. The Morgan fingerprint density at radius 3 is 2.66 bits per heavy atom. The number of aryl methyl sites for hydroxylation is 1. The summed E-state index contributed by atoms with van der Waals surface area (Å²) in [5.74, 6) is -0.667. The molecule has 152 valence electrons. The lowest BCUT2D eigenvalue weighted by Crippen LogP contribution is -2.20. The molecule has 0 aliphatic rings. The van der Waals surface area contributed by atoms with Crippen LogP contribution in [0, 0.1) is 6.92 Å². The number of pyridine rings is 2. The van der Waals surface area contributed by atoms with Crippen LogP contribution >= 0.6 is 11.6 Å². The van der Waals surface area contributed by atoms with Crippen LogP contribution < -0.4 is 10.5 Å². The molecule has 0 radical (unpaired) electrons. The number of rotatable bonds is 6. The van der Waals surface area contributed by atoms with Gasteiger partial charge in [0.1, 0.15) is 18.1 Å². The van der Waals surface area contributed by atoms with Crippen molar-refractivity contribution < 1.29 is 27.2 Å². The second kappa shape index (κ2) is 8.08. The van der Waals surface area contributed by atoms with E-state index < -0.39 is 24.2 Å². The number of ether oxygens (including phenoxy) is 1. The van der Waals surface area contributed by atoms with Gasteiger partial charge in [0.2, 0.25) is 5.88 Å². The summed E-state index contributed by atoms with van der Waals surface area (Å²) in [5, 5.41) is 4.39. The number of halogens is 4. The number of nitrogens with two attached hydrogens (primary N) is 1. The van der Waals surface area contributed by atoms with Gasteiger partial charge in [-0.3, -0.25) is 9.78 Å². The molecule has 11 heteroatoms. The van der Waals surface area contributed by atoms with Crippen LogP contribution in [-0.4, -0.2) is 27.2 Å². The Labute approximate surface area is 167 Å². The highest BCUT2D eigenvalue weighted by atomic mass is 35.5. The van der Waals surface area contributed by atoms with Crippen LogP contribution in [0.3, 0.4) is 0 Å².